The fraction of sp³-hybridized carbons (Fsp3) is 0.909. The minimum atomic E-state index is -0.551. The molecule has 0 aromatic heterocycles. The van der Waals surface area contributed by atoms with Gasteiger partial charge in [-0.05, 0) is 25.2 Å². The van der Waals surface area contributed by atoms with Crippen molar-refractivity contribution in [3.8, 4) is 0 Å². The van der Waals surface area contributed by atoms with Crippen molar-refractivity contribution in [2.24, 2.45) is 5.41 Å². The summed E-state index contributed by atoms with van der Waals surface area (Å²) in [6.07, 6.45) is 5.42. The van der Waals surface area contributed by atoms with Crippen LogP contribution in [0, 0.1) is 5.41 Å². The molecule has 0 aromatic carbocycles. The van der Waals surface area contributed by atoms with E-state index < -0.39 is 6.16 Å². The Bertz CT molecular complexity index is 236. The molecule has 2 fully saturated rings. The van der Waals surface area contributed by atoms with Crippen molar-refractivity contribution in [2.45, 2.75) is 45.3 Å². The van der Waals surface area contributed by atoms with E-state index in [4.69, 9.17) is 9.47 Å². The standard InChI is InChI=1S/C11H19NO3/c1-2-14-10(13)15-9-7-11(8-12-9)5-3-4-6-11/h9,12H,2-8H2,1H3. The average Bonchev–Trinajstić information content (AvgIpc) is 2.79. The molecule has 1 spiro atoms. The highest BCUT2D eigenvalue weighted by Crippen LogP contribution is 2.44. The van der Waals surface area contributed by atoms with E-state index in [0.29, 0.717) is 12.0 Å². The van der Waals surface area contributed by atoms with E-state index in [0.717, 1.165) is 13.0 Å². The predicted molar refractivity (Wildman–Crippen MR) is 55.4 cm³/mol. The molecular formula is C11H19NO3. The Morgan fingerprint density at radius 1 is 1.47 bits per heavy atom. The maximum Gasteiger partial charge on any atom is 0.509 e. The van der Waals surface area contributed by atoms with Crippen LogP contribution in [0.5, 0.6) is 0 Å². The monoisotopic (exact) mass is 213 g/mol. The third-order valence-corrected chi connectivity index (χ3v) is 3.49. The van der Waals surface area contributed by atoms with E-state index in [1.54, 1.807) is 6.92 Å². The van der Waals surface area contributed by atoms with Gasteiger partial charge in [-0.1, -0.05) is 12.8 Å². The molecule has 1 saturated carbocycles. The Morgan fingerprint density at radius 2 is 2.20 bits per heavy atom. The maximum atomic E-state index is 11.1. The van der Waals surface area contributed by atoms with Crippen LogP contribution in [0.1, 0.15) is 39.0 Å². The zero-order valence-electron chi connectivity index (χ0n) is 9.25. The Labute approximate surface area is 90.3 Å². The number of nitrogens with one attached hydrogen (secondary N) is 1. The molecule has 0 amide bonds. The average molecular weight is 213 g/mol. The van der Waals surface area contributed by atoms with Crippen molar-refractivity contribution in [3.63, 3.8) is 0 Å². The summed E-state index contributed by atoms with van der Waals surface area (Å²) < 4.78 is 9.92. The van der Waals surface area contributed by atoms with Gasteiger partial charge in [0, 0.05) is 13.0 Å². The van der Waals surface area contributed by atoms with Crippen molar-refractivity contribution in [1.82, 2.24) is 5.32 Å². The molecule has 0 aromatic rings. The van der Waals surface area contributed by atoms with E-state index in [1.165, 1.54) is 25.7 Å². The number of rotatable bonds is 2. The molecule has 1 atom stereocenters. The molecule has 1 saturated heterocycles. The van der Waals surface area contributed by atoms with Crippen LogP contribution in [0.3, 0.4) is 0 Å². The van der Waals surface area contributed by atoms with Crippen LogP contribution in [-0.4, -0.2) is 25.5 Å². The summed E-state index contributed by atoms with van der Waals surface area (Å²) >= 11 is 0. The first-order valence-electron chi connectivity index (χ1n) is 5.81. The zero-order valence-corrected chi connectivity index (χ0v) is 9.25. The van der Waals surface area contributed by atoms with Crippen molar-refractivity contribution >= 4 is 6.16 Å². The highest BCUT2D eigenvalue weighted by molar-refractivity contribution is 5.60. The van der Waals surface area contributed by atoms with Gasteiger partial charge in [0.1, 0.15) is 0 Å². The second kappa shape index (κ2) is 4.39. The Hall–Kier alpha value is -0.770. The molecule has 2 rings (SSSR count). The second-order valence-electron chi connectivity index (χ2n) is 4.58. The summed E-state index contributed by atoms with van der Waals surface area (Å²) in [5, 5.41) is 3.26. The molecule has 4 nitrogen and oxygen atoms in total. The van der Waals surface area contributed by atoms with Gasteiger partial charge in [0.2, 0.25) is 0 Å². The highest BCUT2D eigenvalue weighted by Gasteiger charge is 2.42. The van der Waals surface area contributed by atoms with E-state index in [9.17, 15) is 4.79 Å². The lowest BCUT2D eigenvalue weighted by molar-refractivity contribution is 0.0179. The number of ether oxygens (including phenoxy) is 2. The summed E-state index contributed by atoms with van der Waals surface area (Å²) in [6, 6.07) is 0. The molecule has 1 unspecified atom stereocenters. The molecule has 2 aliphatic rings. The summed E-state index contributed by atoms with van der Waals surface area (Å²) in [5.41, 5.74) is 0.400. The fourth-order valence-electron chi connectivity index (χ4n) is 2.73. The highest BCUT2D eigenvalue weighted by atomic mass is 16.7. The maximum absolute atomic E-state index is 11.1. The van der Waals surface area contributed by atoms with Gasteiger partial charge in [0.25, 0.3) is 0 Å². The molecule has 0 radical (unpaired) electrons. The van der Waals surface area contributed by atoms with Gasteiger partial charge in [-0.3, -0.25) is 5.32 Å². The summed E-state index contributed by atoms with van der Waals surface area (Å²) in [6.45, 7) is 3.13. The van der Waals surface area contributed by atoms with Crippen molar-refractivity contribution in [1.29, 1.82) is 0 Å². The Kier molecular flexibility index (Phi) is 3.14. The summed E-state index contributed by atoms with van der Waals surface area (Å²) in [5.74, 6) is 0. The van der Waals surface area contributed by atoms with Gasteiger partial charge in [-0.25, -0.2) is 4.79 Å². The smallest absolute Gasteiger partial charge is 0.435 e. The van der Waals surface area contributed by atoms with E-state index in [2.05, 4.69) is 5.32 Å². The zero-order chi connectivity index (χ0) is 10.7. The van der Waals surface area contributed by atoms with Crippen molar-refractivity contribution in [2.75, 3.05) is 13.2 Å². The van der Waals surface area contributed by atoms with Crippen LogP contribution in [0.2, 0.25) is 0 Å². The first kappa shape index (κ1) is 10.7. The van der Waals surface area contributed by atoms with Crippen molar-refractivity contribution < 1.29 is 14.3 Å². The molecule has 1 aliphatic heterocycles. The van der Waals surface area contributed by atoms with Crippen LogP contribution < -0.4 is 5.32 Å². The number of carbonyl (C=O) groups excluding carboxylic acids is 1. The first-order valence-corrected chi connectivity index (χ1v) is 5.81. The Morgan fingerprint density at radius 3 is 2.87 bits per heavy atom. The van der Waals surface area contributed by atoms with Gasteiger partial charge in [-0.2, -0.15) is 0 Å². The van der Waals surface area contributed by atoms with Gasteiger partial charge >= 0.3 is 6.16 Å². The lowest BCUT2D eigenvalue weighted by atomic mass is 9.85. The largest absolute Gasteiger partial charge is 0.509 e. The van der Waals surface area contributed by atoms with Crippen LogP contribution in [0.4, 0.5) is 4.79 Å². The fourth-order valence-corrected chi connectivity index (χ4v) is 2.73. The van der Waals surface area contributed by atoms with E-state index in [-0.39, 0.29) is 6.23 Å². The SMILES string of the molecule is CCOC(=O)OC1CC2(CCCC2)CN1. The first-order chi connectivity index (χ1) is 7.24. The van der Waals surface area contributed by atoms with Gasteiger partial charge < -0.3 is 9.47 Å². The molecule has 1 N–H and O–H groups in total. The minimum absolute atomic E-state index is 0.137. The molecule has 86 valence electrons. The third kappa shape index (κ3) is 2.43. The normalized spacial score (nSPS) is 28.2. The molecule has 0 bridgehead atoms. The minimum Gasteiger partial charge on any atom is -0.435 e. The topological polar surface area (TPSA) is 47.6 Å². The van der Waals surface area contributed by atoms with Crippen LogP contribution in [0.25, 0.3) is 0 Å². The Balaban J connectivity index is 1.79. The number of hydrogen-bond acceptors (Lipinski definition) is 4. The summed E-state index contributed by atoms with van der Waals surface area (Å²) in [4.78, 5) is 11.1. The van der Waals surface area contributed by atoms with Crippen LogP contribution in [0.15, 0.2) is 0 Å². The molecule has 1 heterocycles. The van der Waals surface area contributed by atoms with Crippen LogP contribution in [-0.2, 0) is 9.47 Å². The molecule has 1 aliphatic carbocycles. The lowest BCUT2D eigenvalue weighted by Crippen LogP contribution is -2.27. The predicted octanol–water partition coefficient (Wildman–Crippen LogP) is 2.04. The third-order valence-electron chi connectivity index (χ3n) is 3.49. The van der Waals surface area contributed by atoms with Gasteiger partial charge in [-0.15, -0.1) is 0 Å². The van der Waals surface area contributed by atoms with E-state index >= 15 is 0 Å². The van der Waals surface area contributed by atoms with Crippen molar-refractivity contribution in [3.05, 3.63) is 0 Å². The number of carbonyl (C=O) groups is 1. The van der Waals surface area contributed by atoms with Crippen LogP contribution >= 0.6 is 0 Å². The molecule has 4 heteroatoms. The molecular weight excluding hydrogens is 194 g/mol. The molecule has 15 heavy (non-hydrogen) atoms. The summed E-state index contributed by atoms with van der Waals surface area (Å²) in [7, 11) is 0. The van der Waals surface area contributed by atoms with Gasteiger partial charge in [0.05, 0.1) is 6.61 Å². The number of hydrogen-bond donors (Lipinski definition) is 1. The van der Waals surface area contributed by atoms with E-state index in [1.807, 2.05) is 0 Å². The quantitative estimate of drug-likeness (QED) is 0.713. The second-order valence-corrected chi connectivity index (χ2v) is 4.58. The van der Waals surface area contributed by atoms with Gasteiger partial charge in [0.15, 0.2) is 6.23 Å². The lowest BCUT2D eigenvalue weighted by Gasteiger charge is -2.20.